The van der Waals surface area contributed by atoms with E-state index in [1.165, 1.54) is 40.5 Å². The molecule has 1 heterocycles. The van der Waals surface area contributed by atoms with Crippen LogP contribution in [0.4, 0.5) is 4.39 Å². The number of halogens is 1. The van der Waals surface area contributed by atoms with E-state index >= 15 is 0 Å². The van der Waals surface area contributed by atoms with Crippen LogP contribution in [0.2, 0.25) is 0 Å². The molecule has 0 radical (unpaired) electrons. The Morgan fingerprint density at radius 2 is 1.64 bits per heavy atom. The van der Waals surface area contributed by atoms with Crippen LogP contribution in [0.3, 0.4) is 0 Å². The predicted molar refractivity (Wildman–Crippen MR) is 107 cm³/mol. The largest absolute Gasteiger partial charge is 0.345 e. The number of carbonyl (C=O) groups excluding carboxylic acids is 2. The van der Waals surface area contributed by atoms with Crippen molar-refractivity contribution in [2.45, 2.75) is 13.5 Å². The van der Waals surface area contributed by atoms with E-state index in [2.05, 4.69) is 4.99 Å². The standard InChI is InChI=1S/C21H20FN3O2S/c1-14-12-25(13-15-4-6-17(7-5-15)20(27)24(2)3)21(28-14)23-19(26)16-8-10-18(22)11-9-16/h4-12H,13H2,1-3H3. The highest BCUT2D eigenvalue weighted by atomic mass is 32.1. The van der Waals surface area contributed by atoms with Gasteiger partial charge in [0.15, 0.2) is 4.80 Å². The molecule has 0 atom stereocenters. The maximum atomic E-state index is 13.0. The van der Waals surface area contributed by atoms with Crippen molar-refractivity contribution in [3.63, 3.8) is 0 Å². The first kappa shape index (κ1) is 19.7. The minimum Gasteiger partial charge on any atom is -0.345 e. The lowest BCUT2D eigenvalue weighted by molar-refractivity contribution is 0.0827. The first-order valence-corrected chi connectivity index (χ1v) is 9.47. The van der Waals surface area contributed by atoms with Gasteiger partial charge in [0, 0.05) is 42.8 Å². The maximum Gasteiger partial charge on any atom is 0.279 e. The van der Waals surface area contributed by atoms with Gasteiger partial charge < -0.3 is 9.47 Å². The summed E-state index contributed by atoms with van der Waals surface area (Å²) in [6.45, 7) is 2.47. The Balaban J connectivity index is 1.85. The molecule has 2 amide bonds. The van der Waals surface area contributed by atoms with Gasteiger partial charge in [-0.05, 0) is 48.9 Å². The van der Waals surface area contributed by atoms with Crippen molar-refractivity contribution in [3.05, 3.63) is 86.9 Å². The lowest BCUT2D eigenvalue weighted by Gasteiger charge is -2.10. The van der Waals surface area contributed by atoms with E-state index in [1.807, 2.05) is 29.8 Å². The Kier molecular flexibility index (Phi) is 5.84. The summed E-state index contributed by atoms with van der Waals surface area (Å²) in [6.07, 6.45) is 1.93. The number of benzene rings is 2. The molecule has 0 aliphatic heterocycles. The minimum absolute atomic E-state index is 0.0498. The number of aryl methyl sites for hydroxylation is 1. The zero-order valence-corrected chi connectivity index (χ0v) is 16.7. The SMILES string of the molecule is Cc1cn(Cc2ccc(C(=O)N(C)C)cc2)c(=NC(=O)c2ccc(F)cc2)s1. The van der Waals surface area contributed by atoms with Gasteiger partial charge in [-0.1, -0.05) is 12.1 Å². The van der Waals surface area contributed by atoms with Gasteiger partial charge in [-0.15, -0.1) is 11.3 Å². The average Bonchev–Trinajstić information content (AvgIpc) is 3.01. The van der Waals surface area contributed by atoms with Crippen molar-refractivity contribution in [3.8, 4) is 0 Å². The molecule has 0 fully saturated rings. The van der Waals surface area contributed by atoms with Crippen LogP contribution in [0.5, 0.6) is 0 Å². The van der Waals surface area contributed by atoms with E-state index < -0.39 is 11.7 Å². The Morgan fingerprint density at radius 3 is 2.25 bits per heavy atom. The highest BCUT2D eigenvalue weighted by Gasteiger charge is 2.09. The summed E-state index contributed by atoms with van der Waals surface area (Å²) in [5.74, 6) is -0.858. The number of hydrogen-bond donors (Lipinski definition) is 0. The van der Waals surface area contributed by atoms with Crippen LogP contribution in [0.1, 0.15) is 31.2 Å². The summed E-state index contributed by atoms with van der Waals surface area (Å²) in [6, 6.07) is 12.7. The maximum absolute atomic E-state index is 13.0. The van der Waals surface area contributed by atoms with Crippen molar-refractivity contribution in [2.75, 3.05) is 14.1 Å². The lowest BCUT2D eigenvalue weighted by atomic mass is 10.1. The van der Waals surface area contributed by atoms with Gasteiger partial charge >= 0.3 is 0 Å². The van der Waals surface area contributed by atoms with Crippen molar-refractivity contribution >= 4 is 23.2 Å². The van der Waals surface area contributed by atoms with Crippen molar-refractivity contribution in [1.29, 1.82) is 0 Å². The van der Waals surface area contributed by atoms with Crippen LogP contribution < -0.4 is 4.80 Å². The quantitative estimate of drug-likeness (QED) is 0.677. The van der Waals surface area contributed by atoms with Crippen molar-refractivity contribution in [1.82, 2.24) is 9.47 Å². The zero-order valence-electron chi connectivity index (χ0n) is 15.8. The number of thiazole rings is 1. The van der Waals surface area contributed by atoms with Crippen molar-refractivity contribution < 1.29 is 14.0 Å². The monoisotopic (exact) mass is 397 g/mol. The summed E-state index contributed by atoms with van der Waals surface area (Å²) >= 11 is 1.41. The molecule has 2 aromatic carbocycles. The summed E-state index contributed by atoms with van der Waals surface area (Å²) in [5, 5.41) is 0. The van der Waals surface area contributed by atoms with Gasteiger partial charge in [-0.3, -0.25) is 9.59 Å². The van der Waals surface area contributed by atoms with E-state index in [1.54, 1.807) is 26.2 Å². The van der Waals surface area contributed by atoms with E-state index in [0.717, 1.165) is 10.4 Å². The molecule has 0 aliphatic rings. The summed E-state index contributed by atoms with van der Waals surface area (Å²) in [5.41, 5.74) is 1.95. The third-order valence-corrected chi connectivity index (χ3v) is 5.02. The third kappa shape index (κ3) is 4.61. The van der Waals surface area contributed by atoms with Gasteiger partial charge in [0.25, 0.3) is 11.8 Å². The van der Waals surface area contributed by atoms with E-state index in [0.29, 0.717) is 22.5 Å². The van der Waals surface area contributed by atoms with Crippen LogP contribution in [0.15, 0.2) is 59.7 Å². The average molecular weight is 397 g/mol. The van der Waals surface area contributed by atoms with Crippen LogP contribution >= 0.6 is 11.3 Å². The number of hydrogen-bond acceptors (Lipinski definition) is 3. The molecular weight excluding hydrogens is 377 g/mol. The molecular formula is C21H20FN3O2S. The fraction of sp³-hybridized carbons (Fsp3) is 0.190. The molecule has 0 saturated carbocycles. The van der Waals surface area contributed by atoms with Gasteiger partial charge in [-0.25, -0.2) is 4.39 Å². The summed E-state index contributed by atoms with van der Waals surface area (Å²) in [7, 11) is 3.43. The number of carbonyl (C=O) groups is 2. The third-order valence-electron chi connectivity index (χ3n) is 4.08. The first-order chi connectivity index (χ1) is 13.3. The number of aromatic nitrogens is 1. The second-order valence-electron chi connectivity index (χ2n) is 6.57. The molecule has 0 aliphatic carbocycles. The van der Waals surface area contributed by atoms with Gasteiger partial charge in [0.1, 0.15) is 5.82 Å². The van der Waals surface area contributed by atoms with Gasteiger partial charge in [-0.2, -0.15) is 4.99 Å². The highest BCUT2D eigenvalue weighted by Crippen LogP contribution is 2.10. The molecule has 144 valence electrons. The normalized spacial score (nSPS) is 11.5. The van der Waals surface area contributed by atoms with Gasteiger partial charge in [0.05, 0.1) is 0 Å². The fourth-order valence-corrected chi connectivity index (χ4v) is 3.49. The van der Waals surface area contributed by atoms with E-state index in [-0.39, 0.29) is 5.91 Å². The van der Waals surface area contributed by atoms with Gasteiger partial charge in [0.2, 0.25) is 0 Å². The van der Waals surface area contributed by atoms with Crippen LogP contribution in [0, 0.1) is 12.7 Å². The molecule has 28 heavy (non-hydrogen) atoms. The summed E-state index contributed by atoms with van der Waals surface area (Å²) < 4.78 is 14.9. The molecule has 0 bridgehead atoms. The van der Waals surface area contributed by atoms with Crippen LogP contribution in [-0.2, 0) is 6.54 Å². The fourth-order valence-electron chi connectivity index (χ4n) is 2.66. The molecule has 7 heteroatoms. The Morgan fingerprint density at radius 1 is 1.04 bits per heavy atom. The molecule has 0 N–H and O–H groups in total. The molecule has 1 aromatic heterocycles. The molecule has 0 saturated heterocycles. The topological polar surface area (TPSA) is 54.7 Å². The van der Waals surface area contributed by atoms with Crippen LogP contribution in [-0.4, -0.2) is 35.4 Å². The smallest absolute Gasteiger partial charge is 0.279 e. The molecule has 3 aromatic rings. The molecule has 0 spiro atoms. The Bertz CT molecular complexity index is 1060. The lowest BCUT2D eigenvalue weighted by Crippen LogP contribution is -2.21. The van der Waals surface area contributed by atoms with E-state index in [9.17, 15) is 14.0 Å². The second-order valence-corrected chi connectivity index (χ2v) is 7.79. The number of rotatable bonds is 4. The molecule has 3 rings (SSSR count). The predicted octanol–water partition coefficient (Wildman–Crippen LogP) is 3.49. The highest BCUT2D eigenvalue weighted by molar-refractivity contribution is 7.09. The number of amides is 2. The van der Waals surface area contributed by atoms with Crippen LogP contribution in [0.25, 0.3) is 0 Å². The molecule has 0 unspecified atom stereocenters. The zero-order chi connectivity index (χ0) is 20.3. The first-order valence-electron chi connectivity index (χ1n) is 8.65. The summed E-state index contributed by atoms with van der Waals surface area (Å²) in [4.78, 5) is 31.7. The van der Waals surface area contributed by atoms with Crippen molar-refractivity contribution in [2.24, 2.45) is 4.99 Å². The number of nitrogens with zero attached hydrogens (tertiary/aromatic N) is 3. The van der Waals surface area contributed by atoms with E-state index in [4.69, 9.17) is 0 Å². The Labute approximate surface area is 166 Å². The molecule has 5 nitrogen and oxygen atoms in total. The Hall–Kier alpha value is -3.06. The minimum atomic E-state index is -0.414. The second kappa shape index (κ2) is 8.31.